The number of carbonyl (C=O) groups excluding carboxylic acids is 1. The van der Waals surface area contributed by atoms with Crippen molar-refractivity contribution in [2.24, 2.45) is 0 Å². The van der Waals surface area contributed by atoms with E-state index in [4.69, 9.17) is 0 Å². The molecule has 2 rings (SSSR count). The number of aromatic nitrogens is 1. The Bertz CT molecular complexity index is 520. The van der Waals surface area contributed by atoms with Crippen LogP contribution in [-0.2, 0) is 4.79 Å². The molecule has 2 aromatic rings. The Balaban J connectivity index is 2.43. The van der Waals surface area contributed by atoms with E-state index in [1.807, 2.05) is 56.3 Å². The fraction of sp³-hybridized carbons (Fsp3) is 0.200. The third-order valence-electron chi connectivity index (χ3n) is 2.72. The topological polar surface area (TPSA) is 33.2 Å². The summed E-state index contributed by atoms with van der Waals surface area (Å²) in [5, 5.41) is 0. The lowest BCUT2D eigenvalue weighted by Crippen LogP contribution is -2.25. The van der Waals surface area contributed by atoms with Crippen LogP contribution >= 0.6 is 0 Å². The van der Waals surface area contributed by atoms with Gasteiger partial charge in [-0.05, 0) is 31.2 Å². The van der Waals surface area contributed by atoms with Crippen molar-refractivity contribution in [1.82, 2.24) is 4.98 Å². The lowest BCUT2D eigenvalue weighted by atomic mass is 10.2. The van der Waals surface area contributed by atoms with E-state index in [1.54, 1.807) is 11.1 Å². The molecule has 0 radical (unpaired) electrons. The second-order valence-electron chi connectivity index (χ2n) is 4.11. The molecular formula is C15H16N2O. The van der Waals surface area contributed by atoms with Gasteiger partial charge in [0.15, 0.2) is 0 Å². The van der Waals surface area contributed by atoms with Crippen molar-refractivity contribution in [3.8, 4) is 0 Å². The lowest BCUT2D eigenvalue weighted by Gasteiger charge is -2.21. The Hall–Kier alpha value is -2.16. The molecular weight excluding hydrogens is 224 g/mol. The van der Waals surface area contributed by atoms with E-state index in [1.165, 1.54) is 5.56 Å². The first-order valence-corrected chi connectivity index (χ1v) is 6.03. The second kappa shape index (κ2) is 5.45. The number of aryl methyl sites for hydroxylation is 1. The first-order valence-electron chi connectivity index (χ1n) is 6.03. The van der Waals surface area contributed by atoms with Crippen LogP contribution in [0, 0.1) is 6.92 Å². The summed E-state index contributed by atoms with van der Waals surface area (Å²) < 4.78 is 0. The molecule has 92 valence electrons. The highest BCUT2D eigenvalue weighted by molar-refractivity contribution is 5.99. The maximum atomic E-state index is 12.1. The van der Waals surface area contributed by atoms with Gasteiger partial charge in [-0.3, -0.25) is 9.69 Å². The van der Waals surface area contributed by atoms with Crippen molar-refractivity contribution in [2.45, 2.75) is 20.3 Å². The van der Waals surface area contributed by atoms with E-state index in [0.717, 1.165) is 5.69 Å². The van der Waals surface area contributed by atoms with Gasteiger partial charge in [-0.25, -0.2) is 4.98 Å². The van der Waals surface area contributed by atoms with Gasteiger partial charge < -0.3 is 0 Å². The quantitative estimate of drug-likeness (QED) is 0.823. The van der Waals surface area contributed by atoms with Crippen LogP contribution in [0.5, 0.6) is 0 Å². The molecule has 0 aliphatic rings. The van der Waals surface area contributed by atoms with Crippen LogP contribution in [0.3, 0.4) is 0 Å². The molecule has 0 N–H and O–H groups in total. The number of rotatable bonds is 3. The molecule has 0 spiro atoms. The van der Waals surface area contributed by atoms with E-state index < -0.39 is 0 Å². The summed E-state index contributed by atoms with van der Waals surface area (Å²) in [6.07, 6.45) is 2.14. The average molecular weight is 240 g/mol. The standard InChI is InChI=1S/C15H16N2O/c1-3-15(18)17(14-6-4-5-11-16-14)13-9-7-12(2)8-10-13/h4-11H,3H2,1-2H3. The van der Waals surface area contributed by atoms with E-state index in [0.29, 0.717) is 12.2 Å². The molecule has 0 saturated carbocycles. The first-order chi connectivity index (χ1) is 8.72. The van der Waals surface area contributed by atoms with Gasteiger partial charge in [-0.15, -0.1) is 0 Å². The van der Waals surface area contributed by atoms with Crippen LogP contribution in [0.4, 0.5) is 11.5 Å². The van der Waals surface area contributed by atoms with Gasteiger partial charge in [0.1, 0.15) is 5.82 Å². The predicted octanol–water partition coefficient (Wildman–Crippen LogP) is 3.46. The third-order valence-corrected chi connectivity index (χ3v) is 2.72. The zero-order valence-electron chi connectivity index (χ0n) is 10.6. The fourth-order valence-electron chi connectivity index (χ4n) is 1.74. The summed E-state index contributed by atoms with van der Waals surface area (Å²) in [7, 11) is 0. The summed E-state index contributed by atoms with van der Waals surface area (Å²) in [5.41, 5.74) is 2.02. The number of hydrogen-bond acceptors (Lipinski definition) is 2. The highest BCUT2D eigenvalue weighted by atomic mass is 16.2. The highest BCUT2D eigenvalue weighted by Crippen LogP contribution is 2.24. The van der Waals surface area contributed by atoms with Crippen molar-refractivity contribution in [1.29, 1.82) is 0 Å². The lowest BCUT2D eigenvalue weighted by molar-refractivity contribution is -0.117. The number of hydrogen-bond donors (Lipinski definition) is 0. The van der Waals surface area contributed by atoms with Gasteiger partial charge in [-0.2, -0.15) is 0 Å². The molecule has 0 atom stereocenters. The normalized spacial score (nSPS) is 10.1. The van der Waals surface area contributed by atoms with Gasteiger partial charge in [0, 0.05) is 12.6 Å². The number of pyridine rings is 1. The molecule has 0 bridgehead atoms. The smallest absolute Gasteiger partial charge is 0.232 e. The fourth-order valence-corrected chi connectivity index (χ4v) is 1.74. The molecule has 0 saturated heterocycles. The van der Waals surface area contributed by atoms with E-state index in [2.05, 4.69) is 4.98 Å². The highest BCUT2D eigenvalue weighted by Gasteiger charge is 2.16. The van der Waals surface area contributed by atoms with E-state index >= 15 is 0 Å². The minimum Gasteiger partial charge on any atom is -0.274 e. The number of amides is 1. The van der Waals surface area contributed by atoms with Crippen molar-refractivity contribution in [2.75, 3.05) is 4.90 Å². The molecule has 3 nitrogen and oxygen atoms in total. The molecule has 18 heavy (non-hydrogen) atoms. The molecule has 0 aliphatic heterocycles. The van der Waals surface area contributed by atoms with Gasteiger partial charge in [0.05, 0.1) is 5.69 Å². The van der Waals surface area contributed by atoms with Crippen molar-refractivity contribution < 1.29 is 4.79 Å². The largest absolute Gasteiger partial charge is 0.274 e. The predicted molar refractivity (Wildman–Crippen MR) is 72.9 cm³/mol. The molecule has 1 aromatic heterocycles. The van der Waals surface area contributed by atoms with E-state index in [-0.39, 0.29) is 5.91 Å². The molecule has 1 aromatic carbocycles. The van der Waals surface area contributed by atoms with Crippen LogP contribution < -0.4 is 4.90 Å². The summed E-state index contributed by atoms with van der Waals surface area (Å²) >= 11 is 0. The summed E-state index contributed by atoms with van der Waals surface area (Å²) in [5.74, 6) is 0.700. The van der Waals surface area contributed by atoms with Crippen LogP contribution in [0.15, 0.2) is 48.7 Å². The Labute approximate surface area is 107 Å². The summed E-state index contributed by atoms with van der Waals surface area (Å²) in [6.45, 7) is 3.88. The number of anilines is 2. The monoisotopic (exact) mass is 240 g/mol. The Morgan fingerprint density at radius 1 is 1.17 bits per heavy atom. The van der Waals surface area contributed by atoms with Crippen LogP contribution in [0.2, 0.25) is 0 Å². The van der Waals surface area contributed by atoms with Crippen molar-refractivity contribution >= 4 is 17.4 Å². The van der Waals surface area contributed by atoms with Crippen molar-refractivity contribution in [3.05, 3.63) is 54.2 Å². The first kappa shape index (κ1) is 12.3. The molecule has 3 heteroatoms. The zero-order chi connectivity index (χ0) is 13.0. The van der Waals surface area contributed by atoms with Crippen molar-refractivity contribution in [3.63, 3.8) is 0 Å². The van der Waals surface area contributed by atoms with Gasteiger partial charge in [-0.1, -0.05) is 30.7 Å². The number of carbonyl (C=O) groups is 1. The average Bonchev–Trinajstić information content (AvgIpc) is 2.42. The molecule has 0 unspecified atom stereocenters. The summed E-state index contributed by atoms with van der Waals surface area (Å²) in [4.78, 5) is 18.0. The summed E-state index contributed by atoms with van der Waals surface area (Å²) in [6, 6.07) is 13.4. The number of benzene rings is 1. The van der Waals surface area contributed by atoms with Gasteiger partial charge in [0.2, 0.25) is 5.91 Å². The van der Waals surface area contributed by atoms with Crippen LogP contribution in [-0.4, -0.2) is 10.9 Å². The second-order valence-corrected chi connectivity index (χ2v) is 4.11. The molecule has 0 aliphatic carbocycles. The minimum absolute atomic E-state index is 0.0394. The Morgan fingerprint density at radius 3 is 2.44 bits per heavy atom. The number of nitrogens with zero attached hydrogens (tertiary/aromatic N) is 2. The van der Waals surface area contributed by atoms with E-state index in [9.17, 15) is 4.79 Å². The molecule has 1 heterocycles. The van der Waals surface area contributed by atoms with Crippen LogP contribution in [0.25, 0.3) is 0 Å². The Morgan fingerprint density at radius 2 is 1.89 bits per heavy atom. The SMILES string of the molecule is CCC(=O)N(c1ccc(C)cc1)c1ccccn1. The maximum absolute atomic E-state index is 12.1. The zero-order valence-corrected chi connectivity index (χ0v) is 10.6. The molecule has 0 fully saturated rings. The van der Waals surface area contributed by atoms with Crippen LogP contribution in [0.1, 0.15) is 18.9 Å². The third kappa shape index (κ3) is 2.56. The molecule has 1 amide bonds. The Kier molecular flexibility index (Phi) is 3.72. The minimum atomic E-state index is 0.0394. The maximum Gasteiger partial charge on any atom is 0.232 e. The van der Waals surface area contributed by atoms with Gasteiger partial charge >= 0.3 is 0 Å². The van der Waals surface area contributed by atoms with Gasteiger partial charge in [0.25, 0.3) is 0 Å².